The average molecular weight is 354 g/mol. The number of benzene rings is 2. The van der Waals surface area contributed by atoms with Gasteiger partial charge in [-0.2, -0.15) is 0 Å². The number of nitrogens with one attached hydrogen (secondary N) is 1. The number of nitrogens with zero attached hydrogens (tertiary/aromatic N) is 1. The zero-order chi connectivity index (χ0) is 19.1. The van der Waals surface area contributed by atoms with Gasteiger partial charge in [-0.25, -0.2) is 4.79 Å². The van der Waals surface area contributed by atoms with E-state index in [1.807, 2.05) is 32.0 Å². The van der Waals surface area contributed by atoms with E-state index >= 15 is 0 Å². The summed E-state index contributed by atoms with van der Waals surface area (Å²) < 4.78 is 4.87. The predicted octanol–water partition coefficient (Wildman–Crippen LogP) is 3.41. The molecule has 7 nitrogen and oxygen atoms in total. The first-order valence-corrected chi connectivity index (χ1v) is 7.81. The maximum Gasteiger partial charge on any atom is 0.331 e. The summed E-state index contributed by atoms with van der Waals surface area (Å²) >= 11 is 0. The second kappa shape index (κ2) is 8.57. The summed E-state index contributed by atoms with van der Waals surface area (Å²) in [5.74, 6) is -1.16. The van der Waals surface area contributed by atoms with Crippen LogP contribution in [0.25, 0.3) is 6.08 Å². The Balaban J connectivity index is 1.88. The summed E-state index contributed by atoms with van der Waals surface area (Å²) in [6, 6.07) is 11.5. The Morgan fingerprint density at radius 3 is 2.69 bits per heavy atom. The van der Waals surface area contributed by atoms with Crippen LogP contribution in [0, 0.1) is 24.0 Å². The summed E-state index contributed by atoms with van der Waals surface area (Å²) in [6.07, 6.45) is 2.50. The van der Waals surface area contributed by atoms with Crippen LogP contribution in [0.3, 0.4) is 0 Å². The van der Waals surface area contributed by atoms with Crippen LogP contribution in [0.1, 0.15) is 16.7 Å². The van der Waals surface area contributed by atoms with E-state index in [2.05, 4.69) is 5.32 Å². The van der Waals surface area contributed by atoms with E-state index in [0.29, 0.717) is 11.3 Å². The molecule has 134 valence electrons. The molecular weight excluding hydrogens is 336 g/mol. The van der Waals surface area contributed by atoms with E-state index in [9.17, 15) is 19.7 Å². The zero-order valence-electron chi connectivity index (χ0n) is 14.4. The zero-order valence-corrected chi connectivity index (χ0v) is 14.4. The van der Waals surface area contributed by atoms with Crippen molar-refractivity contribution >= 4 is 29.3 Å². The van der Waals surface area contributed by atoms with Gasteiger partial charge < -0.3 is 10.1 Å². The molecule has 0 unspecified atom stereocenters. The Morgan fingerprint density at radius 1 is 1.19 bits per heavy atom. The van der Waals surface area contributed by atoms with E-state index in [-0.39, 0.29) is 5.69 Å². The number of hydrogen-bond donors (Lipinski definition) is 1. The molecule has 1 amide bonds. The first-order chi connectivity index (χ1) is 12.3. The molecule has 0 saturated carbocycles. The van der Waals surface area contributed by atoms with Gasteiger partial charge in [0, 0.05) is 23.9 Å². The van der Waals surface area contributed by atoms with Gasteiger partial charge in [0.15, 0.2) is 6.61 Å². The average Bonchev–Trinajstić information content (AvgIpc) is 2.61. The Kier molecular flexibility index (Phi) is 6.21. The highest BCUT2D eigenvalue weighted by atomic mass is 16.6. The number of nitro benzene ring substituents is 1. The second-order valence-corrected chi connectivity index (χ2v) is 5.66. The smallest absolute Gasteiger partial charge is 0.331 e. The van der Waals surface area contributed by atoms with E-state index < -0.39 is 23.4 Å². The van der Waals surface area contributed by atoms with Crippen molar-refractivity contribution in [3.8, 4) is 0 Å². The lowest BCUT2D eigenvalue weighted by Gasteiger charge is -2.09. The third kappa shape index (κ3) is 5.55. The largest absolute Gasteiger partial charge is 0.452 e. The molecule has 0 heterocycles. The van der Waals surface area contributed by atoms with E-state index in [1.165, 1.54) is 24.3 Å². The molecule has 0 bridgehead atoms. The molecule has 7 heteroatoms. The fraction of sp³-hybridized carbons (Fsp3) is 0.158. The third-order valence-corrected chi connectivity index (χ3v) is 3.51. The van der Waals surface area contributed by atoms with Gasteiger partial charge in [0.1, 0.15) is 0 Å². The lowest BCUT2D eigenvalue weighted by Crippen LogP contribution is -2.20. The van der Waals surface area contributed by atoms with Crippen molar-refractivity contribution in [3.05, 3.63) is 75.3 Å². The van der Waals surface area contributed by atoms with Crippen LogP contribution < -0.4 is 5.32 Å². The van der Waals surface area contributed by atoms with Crippen molar-refractivity contribution in [1.82, 2.24) is 0 Å². The highest BCUT2D eigenvalue weighted by molar-refractivity contribution is 5.95. The molecule has 2 aromatic carbocycles. The minimum atomic E-state index is -0.715. The van der Waals surface area contributed by atoms with Crippen molar-refractivity contribution < 1.29 is 19.2 Å². The van der Waals surface area contributed by atoms with Gasteiger partial charge in [0.05, 0.1) is 4.92 Å². The summed E-state index contributed by atoms with van der Waals surface area (Å²) in [4.78, 5) is 33.8. The molecule has 0 radical (unpaired) electrons. The van der Waals surface area contributed by atoms with Crippen LogP contribution in [0.15, 0.2) is 48.5 Å². The minimum absolute atomic E-state index is 0.0755. The fourth-order valence-electron chi connectivity index (χ4n) is 2.15. The molecule has 2 rings (SSSR count). The molecule has 0 spiro atoms. The van der Waals surface area contributed by atoms with Gasteiger partial charge in [-0.05, 0) is 42.7 Å². The van der Waals surface area contributed by atoms with E-state index in [4.69, 9.17) is 4.74 Å². The highest BCUT2D eigenvalue weighted by Crippen LogP contribution is 2.16. The molecule has 0 fully saturated rings. The maximum atomic E-state index is 11.9. The number of aryl methyl sites for hydroxylation is 2. The summed E-state index contributed by atoms with van der Waals surface area (Å²) in [6.45, 7) is 3.35. The molecular formula is C19H18N2O5. The molecule has 0 aliphatic heterocycles. The number of hydrogen-bond acceptors (Lipinski definition) is 5. The lowest BCUT2D eigenvalue weighted by atomic mass is 10.1. The SMILES string of the molecule is Cc1ccc(C)c(NC(=O)COC(=O)/C=C/c2cccc([N+](=O)[O-])c2)c1. The van der Waals surface area contributed by atoms with Gasteiger partial charge in [0.2, 0.25) is 0 Å². The molecule has 0 aliphatic carbocycles. The topological polar surface area (TPSA) is 98.5 Å². The van der Waals surface area contributed by atoms with Crippen LogP contribution in [0.5, 0.6) is 0 Å². The third-order valence-electron chi connectivity index (χ3n) is 3.51. The molecule has 26 heavy (non-hydrogen) atoms. The Morgan fingerprint density at radius 2 is 1.96 bits per heavy atom. The molecule has 0 aliphatic rings. The number of rotatable bonds is 6. The van der Waals surface area contributed by atoms with Gasteiger partial charge in [-0.3, -0.25) is 14.9 Å². The van der Waals surface area contributed by atoms with E-state index in [1.54, 1.807) is 6.07 Å². The van der Waals surface area contributed by atoms with Crippen molar-refractivity contribution in [2.45, 2.75) is 13.8 Å². The van der Waals surface area contributed by atoms with E-state index in [0.717, 1.165) is 17.2 Å². The van der Waals surface area contributed by atoms with Gasteiger partial charge in [0.25, 0.3) is 11.6 Å². The number of carbonyl (C=O) groups is 2. The Labute approximate surface area is 150 Å². The van der Waals surface area contributed by atoms with Crippen molar-refractivity contribution in [2.75, 3.05) is 11.9 Å². The summed E-state index contributed by atoms with van der Waals surface area (Å²) in [5, 5.41) is 13.4. The van der Waals surface area contributed by atoms with Crippen molar-refractivity contribution in [3.63, 3.8) is 0 Å². The highest BCUT2D eigenvalue weighted by Gasteiger charge is 2.08. The molecule has 0 saturated heterocycles. The predicted molar refractivity (Wildman–Crippen MR) is 97.6 cm³/mol. The number of esters is 1. The molecule has 2 aromatic rings. The number of amides is 1. The molecule has 1 N–H and O–H groups in total. The van der Waals surface area contributed by atoms with Crippen LogP contribution in [-0.4, -0.2) is 23.4 Å². The number of non-ortho nitro benzene ring substituents is 1. The van der Waals surface area contributed by atoms with Crippen molar-refractivity contribution in [2.24, 2.45) is 0 Å². The number of anilines is 1. The second-order valence-electron chi connectivity index (χ2n) is 5.66. The first kappa shape index (κ1) is 18.9. The van der Waals surface area contributed by atoms with Gasteiger partial charge >= 0.3 is 5.97 Å². The van der Waals surface area contributed by atoms with Crippen LogP contribution in [0.4, 0.5) is 11.4 Å². The number of ether oxygens (including phenoxy) is 1. The first-order valence-electron chi connectivity index (χ1n) is 7.81. The lowest BCUT2D eigenvalue weighted by molar-refractivity contribution is -0.384. The van der Waals surface area contributed by atoms with Crippen LogP contribution >= 0.6 is 0 Å². The normalized spacial score (nSPS) is 10.5. The maximum absolute atomic E-state index is 11.9. The van der Waals surface area contributed by atoms with Gasteiger partial charge in [-0.15, -0.1) is 0 Å². The van der Waals surface area contributed by atoms with Gasteiger partial charge in [-0.1, -0.05) is 24.3 Å². The Hall–Kier alpha value is -3.48. The Bertz CT molecular complexity index is 874. The summed E-state index contributed by atoms with van der Waals surface area (Å²) in [7, 11) is 0. The standard InChI is InChI=1S/C19H18N2O5/c1-13-6-7-14(2)17(10-13)20-18(22)12-26-19(23)9-8-15-4-3-5-16(11-15)21(24)25/h3-11H,12H2,1-2H3,(H,20,22)/b9-8+. The molecule has 0 aromatic heterocycles. The van der Waals surface area contributed by atoms with Crippen LogP contribution in [0.2, 0.25) is 0 Å². The number of nitro groups is 1. The monoisotopic (exact) mass is 354 g/mol. The number of carbonyl (C=O) groups excluding carboxylic acids is 2. The van der Waals surface area contributed by atoms with Crippen LogP contribution in [-0.2, 0) is 14.3 Å². The molecule has 0 atom stereocenters. The van der Waals surface area contributed by atoms with Crippen molar-refractivity contribution in [1.29, 1.82) is 0 Å². The quantitative estimate of drug-likeness (QED) is 0.371. The summed E-state index contributed by atoms with van der Waals surface area (Å²) in [5.41, 5.74) is 2.98. The fourth-order valence-corrected chi connectivity index (χ4v) is 2.15. The minimum Gasteiger partial charge on any atom is -0.452 e.